The SMILES string of the molecule is CN1CCN(CCCS(=O)(=O)CC[C@@H]2OCC[C@@]3(Cc4ccc(Cl)cc4)c4c(F)ccc(F)c4OC[C@@H]23)CC1.Cl. The minimum atomic E-state index is -3.30. The zero-order valence-corrected chi connectivity index (χ0v) is 25.2. The van der Waals surface area contributed by atoms with Crippen LogP contribution in [0.5, 0.6) is 5.75 Å². The van der Waals surface area contributed by atoms with Gasteiger partial charge in [0.1, 0.15) is 15.7 Å². The number of sulfone groups is 1. The maximum Gasteiger partial charge on any atom is 0.165 e. The maximum absolute atomic E-state index is 15.4. The molecule has 3 aliphatic rings. The largest absolute Gasteiger partial charge is 0.490 e. The fraction of sp³-hybridized carbons (Fsp3) is 0.586. The number of likely N-dealkylation sites (N-methyl/N-ethyl adjacent to an activating group) is 1. The predicted octanol–water partition coefficient (Wildman–Crippen LogP) is 4.76. The van der Waals surface area contributed by atoms with Gasteiger partial charge in [-0.3, -0.25) is 0 Å². The van der Waals surface area contributed by atoms with Crippen LogP contribution in [-0.4, -0.2) is 88.8 Å². The van der Waals surface area contributed by atoms with E-state index in [1.54, 1.807) is 12.1 Å². The molecule has 3 aliphatic heterocycles. The molecule has 6 nitrogen and oxygen atoms in total. The van der Waals surface area contributed by atoms with Crippen molar-refractivity contribution in [3.63, 3.8) is 0 Å². The molecule has 2 fully saturated rings. The van der Waals surface area contributed by atoms with Gasteiger partial charge in [-0.05, 0) is 69.1 Å². The highest BCUT2D eigenvalue weighted by atomic mass is 35.5. The van der Waals surface area contributed by atoms with Gasteiger partial charge in [0.2, 0.25) is 0 Å². The molecule has 0 unspecified atom stereocenters. The summed E-state index contributed by atoms with van der Waals surface area (Å²) in [6, 6.07) is 9.62. The lowest BCUT2D eigenvalue weighted by Gasteiger charge is -2.51. The minimum Gasteiger partial charge on any atom is -0.490 e. The van der Waals surface area contributed by atoms with E-state index < -0.39 is 33.0 Å². The predicted molar refractivity (Wildman–Crippen MR) is 156 cm³/mol. The standard InChI is InChI=1S/C29H37ClF2N2O4S.ClH/c1-33-12-14-34(15-13-33)11-2-17-39(35,36)18-9-26-23-20-38-28-25(32)8-7-24(31)27(28)29(23,10-16-37-26)19-21-3-5-22(30)6-4-21;/h3-8,23,26H,2,9-20H2,1H3;1H/t23-,26-,29-;/m0./s1. The molecule has 0 spiro atoms. The van der Waals surface area contributed by atoms with E-state index in [2.05, 4.69) is 16.8 Å². The Kier molecular flexibility index (Phi) is 10.4. The highest BCUT2D eigenvalue weighted by Crippen LogP contribution is 2.52. The van der Waals surface area contributed by atoms with E-state index in [1.165, 1.54) is 0 Å². The zero-order valence-electron chi connectivity index (χ0n) is 22.8. The Morgan fingerprint density at radius 1 is 1.02 bits per heavy atom. The molecule has 0 aliphatic carbocycles. The summed E-state index contributed by atoms with van der Waals surface area (Å²) in [5, 5.41) is 0.597. The monoisotopic (exact) mass is 618 g/mol. The van der Waals surface area contributed by atoms with Crippen LogP contribution in [-0.2, 0) is 26.4 Å². The smallest absolute Gasteiger partial charge is 0.165 e. The molecular weight excluding hydrogens is 581 g/mol. The molecule has 222 valence electrons. The van der Waals surface area contributed by atoms with Gasteiger partial charge in [0, 0.05) is 54.7 Å². The van der Waals surface area contributed by atoms with E-state index in [9.17, 15) is 12.8 Å². The summed E-state index contributed by atoms with van der Waals surface area (Å²) in [6.07, 6.45) is 1.37. The maximum atomic E-state index is 15.4. The van der Waals surface area contributed by atoms with Crippen molar-refractivity contribution in [1.29, 1.82) is 0 Å². The van der Waals surface area contributed by atoms with Crippen LogP contribution < -0.4 is 4.74 Å². The van der Waals surface area contributed by atoms with Crippen molar-refractivity contribution in [2.75, 3.05) is 64.5 Å². The van der Waals surface area contributed by atoms with E-state index in [1.807, 2.05) is 12.1 Å². The number of benzene rings is 2. The van der Waals surface area contributed by atoms with Gasteiger partial charge < -0.3 is 19.3 Å². The summed E-state index contributed by atoms with van der Waals surface area (Å²) >= 11 is 6.10. The van der Waals surface area contributed by atoms with Gasteiger partial charge >= 0.3 is 0 Å². The summed E-state index contributed by atoms with van der Waals surface area (Å²) in [4.78, 5) is 4.59. The van der Waals surface area contributed by atoms with Gasteiger partial charge in [-0.15, -0.1) is 12.4 Å². The highest BCUT2D eigenvalue weighted by molar-refractivity contribution is 7.91. The third-order valence-corrected chi connectivity index (χ3v) is 10.7. The molecule has 3 heterocycles. The molecular formula is C29H38Cl2F2N2O4S. The lowest BCUT2D eigenvalue weighted by atomic mass is 9.60. The number of nitrogens with zero attached hydrogens (tertiary/aromatic N) is 2. The number of halogens is 4. The number of hydrogen-bond acceptors (Lipinski definition) is 6. The second-order valence-electron chi connectivity index (χ2n) is 11.2. The summed E-state index contributed by atoms with van der Waals surface area (Å²) in [5.41, 5.74) is 0.386. The molecule has 3 atom stereocenters. The normalized spacial score (nSPS) is 25.4. The molecule has 2 aromatic rings. The van der Waals surface area contributed by atoms with Crippen molar-refractivity contribution in [2.45, 2.75) is 37.2 Å². The second kappa shape index (κ2) is 13.2. The number of ether oxygens (including phenoxy) is 2. The first-order valence-electron chi connectivity index (χ1n) is 13.8. The summed E-state index contributed by atoms with van der Waals surface area (Å²) in [7, 11) is -1.20. The van der Waals surface area contributed by atoms with Crippen LogP contribution in [0.15, 0.2) is 36.4 Å². The minimum absolute atomic E-state index is 0. The molecule has 0 N–H and O–H groups in total. The molecule has 0 amide bonds. The van der Waals surface area contributed by atoms with Crippen molar-refractivity contribution in [3.05, 3.63) is 64.2 Å². The average molecular weight is 620 g/mol. The quantitative estimate of drug-likeness (QED) is 0.404. The Bertz CT molecular complexity index is 1260. The first-order valence-corrected chi connectivity index (χ1v) is 16.0. The number of rotatable bonds is 9. The molecule has 40 heavy (non-hydrogen) atoms. The van der Waals surface area contributed by atoms with Gasteiger partial charge in [0.05, 0.1) is 24.2 Å². The lowest BCUT2D eigenvalue weighted by molar-refractivity contribution is -0.0963. The van der Waals surface area contributed by atoms with Gasteiger partial charge in [0.25, 0.3) is 0 Å². The number of hydrogen-bond donors (Lipinski definition) is 0. The van der Waals surface area contributed by atoms with Gasteiger partial charge in [-0.1, -0.05) is 23.7 Å². The van der Waals surface area contributed by atoms with Crippen molar-refractivity contribution in [2.24, 2.45) is 5.92 Å². The second-order valence-corrected chi connectivity index (χ2v) is 13.9. The Morgan fingerprint density at radius 3 is 2.45 bits per heavy atom. The third-order valence-electron chi connectivity index (χ3n) is 8.67. The van der Waals surface area contributed by atoms with Crippen molar-refractivity contribution in [3.8, 4) is 5.75 Å². The van der Waals surface area contributed by atoms with Crippen molar-refractivity contribution < 1.29 is 26.7 Å². The first-order chi connectivity index (χ1) is 18.7. The van der Waals surface area contributed by atoms with Crippen LogP contribution in [0.25, 0.3) is 0 Å². The molecule has 0 radical (unpaired) electrons. The average Bonchev–Trinajstić information content (AvgIpc) is 2.91. The van der Waals surface area contributed by atoms with Gasteiger partial charge in [0.15, 0.2) is 11.6 Å². The molecule has 2 saturated heterocycles. The fourth-order valence-electron chi connectivity index (χ4n) is 6.47. The third kappa shape index (κ3) is 6.93. The number of piperazine rings is 1. The molecule has 0 saturated carbocycles. The van der Waals surface area contributed by atoms with Crippen LogP contribution in [0.2, 0.25) is 5.02 Å². The van der Waals surface area contributed by atoms with Crippen LogP contribution in [0.3, 0.4) is 0 Å². The van der Waals surface area contributed by atoms with Crippen molar-refractivity contribution in [1.82, 2.24) is 9.80 Å². The number of fused-ring (bicyclic) bond motifs is 3. The topological polar surface area (TPSA) is 59.1 Å². The summed E-state index contributed by atoms with van der Waals surface area (Å²) in [5.74, 6) is -1.35. The Balaban J connectivity index is 0.00000370. The van der Waals surface area contributed by atoms with Gasteiger partial charge in [-0.2, -0.15) is 0 Å². The lowest BCUT2D eigenvalue weighted by Crippen LogP contribution is -2.55. The van der Waals surface area contributed by atoms with E-state index in [0.29, 0.717) is 37.3 Å². The van der Waals surface area contributed by atoms with E-state index in [0.717, 1.165) is 50.4 Å². The molecule has 0 bridgehead atoms. The van der Waals surface area contributed by atoms with Crippen LogP contribution >= 0.6 is 24.0 Å². The van der Waals surface area contributed by atoms with E-state index in [-0.39, 0.29) is 47.8 Å². The fourth-order valence-corrected chi connectivity index (χ4v) is 7.97. The van der Waals surface area contributed by atoms with Gasteiger partial charge in [-0.25, -0.2) is 17.2 Å². The first kappa shape index (κ1) is 31.4. The van der Waals surface area contributed by atoms with E-state index >= 15 is 4.39 Å². The Labute approximate surface area is 247 Å². The summed E-state index contributed by atoms with van der Waals surface area (Å²) < 4.78 is 68.2. The van der Waals surface area contributed by atoms with Crippen LogP contribution in [0.4, 0.5) is 8.78 Å². The Hall–Kier alpha value is -1.49. The Morgan fingerprint density at radius 2 is 1.73 bits per heavy atom. The molecule has 0 aromatic heterocycles. The van der Waals surface area contributed by atoms with Crippen LogP contribution in [0.1, 0.15) is 30.4 Å². The molecule has 2 aromatic carbocycles. The van der Waals surface area contributed by atoms with Crippen LogP contribution in [0, 0.1) is 17.6 Å². The van der Waals surface area contributed by atoms with E-state index in [4.69, 9.17) is 21.1 Å². The highest BCUT2D eigenvalue weighted by Gasteiger charge is 2.53. The zero-order chi connectivity index (χ0) is 27.6. The molecule has 11 heteroatoms. The summed E-state index contributed by atoms with van der Waals surface area (Å²) in [6.45, 7) is 5.16. The van der Waals surface area contributed by atoms with Crippen molar-refractivity contribution >= 4 is 33.8 Å². The molecule has 5 rings (SSSR count).